The third-order valence-corrected chi connectivity index (χ3v) is 4.51. The number of benzene rings is 3. The van der Waals surface area contributed by atoms with E-state index in [2.05, 4.69) is 17.4 Å². The van der Waals surface area contributed by atoms with Crippen molar-refractivity contribution in [2.45, 2.75) is 13.2 Å². The fourth-order valence-electron chi connectivity index (χ4n) is 2.36. The van der Waals surface area contributed by atoms with Crippen LogP contribution in [0, 0.1) is 0 Å². The molecule has 0 atom stereocenters. The molecule has 0 aliphatic heterocycles. The summed E-state index contributed by atoms with van der Waals surface area (Å²) >= 11 is 11.6. The summed E-state index contributed by atoms with van der Waals surface area (Å²) < 4.78 is 5.79. The smallest absolute Gasteiger partial charge is 0.119 e. The zero-order valence-corrected chi connectivity index (χ0v) is 15.2. The van der Waals surface area contributed by atoms with Crippen molar-refractivity contribution in [3.05, 3.63) is 101 Å². The van der Waals surface area contributed by atoms with E-state index >= 15 is 0 Å². The second-order valence-corrected chi connectivity index (χ2v) is 6.39. The van der Waals surface area contributed by atoms with Gasteiger partial charge < -0.3 is 10.1 Å². The predicted octanol–water partition coefficient (Wildman–Crippen LogP) is 5.38. The van der Waals surface area contributed by atoms with Crippen LogP contribution >= 0.6 is 23.8 Å². The largest absolute Gasteiger partial charge is 0.489 e. The van der Waals surface area contributed by atoms with Crippen molar-refractivity contribution in [2.24, 2.45) is 0 Å². The van der Waals surface area contributed by atoms with Crippen LogP contribution in [0.25, 0.3) is 0 Å². The van der Waals surface area contributed by atoms with Crippen LogP contribution in [-0.2, 0) is 13.2 Å². The maximum atomic E-state index is 6.14. The van der Waals surface area contributed by atoms with Gasteiger partial charge in [0.2, 0.25) is 0 Å². The number of halogens is 1. The molecule has 0 radical (unpaired) electrons. The molecule has 4 heteroatoms. The predicted molar refractivity (Wildman–Crippen MR) is 107 cm³/mol. The molecule has 0 aliphatic carbocycles. The van der Waals surface area contributed by atoms with Crippen molar-refractivity contribution in [3.63, 3.8) is 0 Å². The maximum Gasteiger partial charge on any atom is 0.119 e. The molecular weight excluding hydrogens is 350 g/mol. The maximum absolute atomic E-state index is 6.14. The molecule has 3 aromatic carbocycles. The molecule has 3 rings (SSSR count). The second kappa shape index (κ2) is 8.65. The van der Waals surface area contributed by atoms with Gasteiger partial charge >= 0.3 is 0 Å². The molecule has 0 bridgehead atoms. The third-order valence-electron chi connectivity index (χ3n) is 3.76. The number of nitrogens with one attached hydrogen (secondary N) is 1. The van der Waals surface area contributed by atoms with Crippen LogP contribution < -0.4 is 10.1 Å². The third kappa shape index (κ3) is 5.05. The van der Waals surface area contributed by atoms with Gasteiger partial charge in [-0.2, -0.15) is 0 Å². The molecule has 126 valence electrons. The van der Waals surface area contributed by atoms with Gasteiger partial charge in [0.1, 0.15) is 17.3 Å². The average molecular weight is 368 g/mol. The number of rotatable bonds is 6. The van der Waals surface area contributed by atoms with E-state index in [0.29, 0.717) is 18.2 Å². The first-order chi connectivity index (χ1) is 12.2. The van der Waals surface area contributed by atoms with Gasteiger partial charge in [0.25, 0.3) is 0 Å². The number of hydrogen-bond donors (Lipinski definition) is 1. The van der Waals surface area contributed by atoms with Crippen molar-refractivity contribution in [3.8, 4) is 5.75 Å². The lowest BCUT2D eigenvalue weighted by molar-refractivity contribution is 0.306. The van der Waals surface area contributed by atoms with Crippen LogP contribution in [0.1, 0.15) is 16.7 Å². The summed E-state index contributed by atoms with van der Waals surface area (Å²) in [6, 6.07) is 25.6. The van der Waals surface area contributed by atoms with E-state index in [4.69, 9.17) is 28.6 Å². The standard InChI is InChI=1S/C21H18ClNOS/c22-20-9-5-4-8-18(20)15-24-19-12-10-17(11-13-19)21(25)23-14-16-6-2-1-3-7-16/h1-13H,14-15H2,(H,23,25). The Balaban J connectivity index is 1.54. The Bertz CT molecular complexity index is 834. The van der Waals surface area contributed by atoms with Crippen molar-refractivity contribution < 1.29 is 4.74 Å². The molecule has 0 fully saturated rings. The molecule has 0 unspecified atom stereocenters. The van der Waals surface area contributed by atoms with Crippen molar-refractivity contribution in [1.82, 2.24) is 5.32 Å². The Kier molecular flexibility index (Phi) is 6.04. The second-order valence-electron chi connectivity index (χ2n) is 5.57. The van der Waals surface area contributed by atoms with Crippen LogP contribution in [0.15, 0.2) is 78.9 Å². The Morgan fingerprint density at radius 2 is 1.56 bits per heavy atom. The zero-order chi connectivity index (χ0) is 17.5. The first kappa shape index (κ1) is 17.5. The Morgan fingerprint density at radius 3 is 2.28 bits per heavy atom. The lowest BCUT2D eigenvalue weighted by Gasteiger charge is -2.10. The molecule has 1 N–H and O–H groups in total. The minimum Gasteiger partial charge on any atom is -0.489 e. The van der Waals surface area contributed by atoms with Crippen LogP contribution in [-0.4, -0.2) is 4.99 Å². The van der Waals surface area contributed by atoms with Crippen molar-refractivity contribution in [2.75, 3.05) is 0 Å². The molecule has 0 aliphatic rings. The summed E-state index contributed by atoms with van der Waals surface area (Å²) in [4.78, 5) is 0.724. The highest BCUT2D eigenvalue weighted by Gasteiger charge is 2.03. The molecular formula is C21H18ClNOS. The van der Waals surface area contributed by atoms with Gasteiger partial charge in [0, 0.05) is 22.7 Å². The molecule has 0 saturated heterocycles. The SMILES string of the molecule is S=C(NCc1ccccc1)c1ccc(OCc2ccccc2Cl)cc1. The quantitative estimate of drug-likeness (QED) is 0.590. The molecule has 0 amide bonds. The lowest BCUT2D eigenvalue weighted by atomic mass is 10.2. The average Bonchev–Trinajstić information content (AvgIpc) is 2.67. The highest BCUT2D eigenvalue weighted by atomic mass is 35.5. The van der Waals surface area contributed by atoms with E-state index in [1.165, 1.54) is 5.56 Å². The van der Waals surface area contributed by atoms with Gasteiger partial charge in [-0.1, -0.05) is 72.3 Å². The zero-order valence-electron chi connectivity index (χ0n) is 13.6. The fourth-order valence-corrected chi connectivity index (χ4v) is 2.76. The molecule has 0 aromatic heterocycles. The molecule has 2 nitrogen and oxygen atoms in total. The highest BCUT2D eigenvalue weighted by Crippen LogP contribution is 2.19. The van der Waals surface area contributed by atoms with E-state index in [1.807, 2.05) is 66.7 Å². The van der Waals surface area contributed by atoms with Gasteiger partial charge in [0.05, 0.1) is 0 Å². The summed E-state index contributed by atoms with van der Waals surface area (Å²) in [7, 11) is 0. The number of ether oxygens (including phenoxy) is 1. The minimum atomic E-state index is 0.440. The van der Waals surface area contributed by atoms with Crippen LogP contribution in [0.3, 0.4) is 0 Å². The van der Waals surface area contributed by atoms with Gasteiger partial charge in [-0.15, -0.1) is 0 Å². The van der Waals surface area contributed by atoms with E-state index in [9.17, 15) is 0 Å². The summed E-state index contributed by atoms with van der Waals surface area (Å²) in [6.45, 7) is 1.15. The van der Waals surface area contributed by atoms with Gasteiger partial charge in [-0.3, -0.25) is 0 Å². The summed E-state index contributed by atoms with van der Waals surface area (Å²) in [5.74, 6) is 0.787. The fraction of sp³-hybridized carbons (Fsp3) is 0.0952. The molecule has 3 aromatic rings. The number of hydrogen-bond acceptors (Lipinski definition) is 2. The molecule has 0 spiro atoms. The summed E-state index contributed by atoms with van der Waals surface area (Å²) in [6.07, 6.45) is 0. The summed E-state index contributed by atoms with van der Waals surface area (Å²) in [5.41, 5.74) is 3.13. The normalized spacial score (nSPS) is 10.3. The Labute approximate surface area is 158 Å². The molecule has 0 heterocycles. The van der Waals surface area contributed by atoms with E-state index < -0.39 is 0 Å². The summed E-state index contributed by atoms with van der Waals surface area (Å²) in [5, 5.41) is 3.99. The topological polar surface area (TPSA) is 21.3 Å². The van der Waals surface area contributed by atoms with Crippen LogP contribution in [0.2, 0.25) is 5.02 Å². The minimum absolute atomic E-state index is 0.440. The Morgan fingerprint density at radius 1 is 0.880 bits per heavy atom. The first-order valence-corrected chi connectivity index (χ1v) is 8.79. The lowest BCUT2D eigenvalue weighted by Crippen LogP contribution is -2.21. The highest BCUT2D eigenvalue weighted by molar-refractivity contribution is 7.80. The van der Waals surface area contributed by atoms with Gasteiger partial charge in [-0.05, 0) is 35.9 Å². The monoisotopic (exact) mass is 367 g/mol. The van der Waals surface area contributed by atoms with Crippen LogP contribution in [0.5, 0.6) is 5.75 Å². The van der Waals surface area contributed by atoms with E-state index in [1.54, 1.807) is 0 Å². The van der Waals surface area contributed by atoms with Gasteiger partial charge in [-0.25, -0.2) is 0 Å². The van der Waals surface area contributed by atoms with Crippen molar-refractivity contribution in [1.29, 1.82) is 0 Å². The molecule has 25 heavy (non-hydrogen) atoms. The first-order valence-electron chi connectivity index (χ1n) is 8.01. The Hall–Kier alpha value is -2.36. The number of thiocarbonyl (C=S) groups is 1. The van der Waals surface area contributed by atoms with Crippen LogP contribution in [0.4, 0.5) is 0 Å². The van der Waals surface area contributed by atoms with Gasteiger partial charge in [0.15, 0.2) is 0 Å². The van der Waals surface area contributed by atoms with E-state index in [0.717, 1.165) is 21.9 Å². The van der Waals surface area contributed by atoms with Crippen molar-refractivity contribution >= 4 is 28.8 Å². The van der Waals surface area contributed by atoms with E-state index in [-0.39, 0.29) is 0 Å². The molecule has 0 saturated carbocycles.